The highest BCUT2D eigenvalue weighted by molar-refractivity contribution is 14.1. The number of ether oxygens (including phenoxy) is 2. The highest BCUT2D eigenvalue weighted by atomic mass is 127. The maximum atomic E-state index is 11.0. The third-order valence-electron chi connectivity index (χ3n) is 3.91. The lowest BCUT2D eigenvalue weighted by molar-refractivity contribution is -0.138. The summed E-state index contributed by atoms with van der Waals surface area (Å²) in [5.74, 6) is 1.09. The Labute approximate surface area is 223 Å². The highest BCUT2D eigenvalue weighted by Crippen LogP contribution is 2.37. The number of aliphatic hydroxyl groups is 1. The van der Waals surface area contributed by atoms with Crippen LogP contribution in [0.25, 0.3) is 0 Å². The van der Waals surface area contributed by atoms with Gasteiger partial charge in [0.25, 0.3) is 0 Å². The van der Waals surface area contributed by atoms with E-state index < -0.39 is 18.1 Å². The monoisotopic (exact) mass is 849 g/mol. The molecule has 0 saturated heterocycles. The van der Waals surface area contributed by atoms with Crippen LogP contribution in [0.5, 0.6) is 17.2 Å². The lowest BCUT2D eigenvalue weighted by atomic mass is 10.1. The van der Waals surface area contributed by atoms with E-state index in [2.05, 4.69) is 90.4 Å². The highest BCUT2D eigenvalue weighted by Gasteiger charge is 2.17. The first kappa shape index (κ1) is 25.6. The van der Waals surface area contributed by atoms with Crippen LogP contribution in [-0.4, -0.2) is 34.9 Å². The molecule has 0 fully saturated rings. The predicted molar refractivity (Wildman–Crippen MR) is 145 cm³/mol. The molecule has 2 rings (SSSR count). The summed E-state index contributed by atoms with van der Waals surface area (Å²) >= 11 is 8.73. The van der Waals surface area contributed by atoms with E-state index in [0.717, 1.165) is 25.6 Å². The molecule has 0 aliphatic carbocycles. The van der Waals surface area contributed by atoms with Crippen LogP contribution in [0.2, 0.25) is 0 Å². The van der Waals surface area contributed by atoms with Crippen LogP contribution >= 0.6 is 90.4 Å². The Morgan fingerprint density at radius 1 is 1.03 bits per heavy atom. The average Bonchev–Trinajstić information content (AvgIpc) is 2.63. The van der Waals surface area contributed by atoms with E-state index in [1.54, 1.807) is 0 Å². The summed E-state index contributed by atoms with van der Waals surface area (Å²) in [5.41, 5.74) is 6.50. The Hall–Kier alpha value is 0.350. The smallest absolute Gasteiger partial charge is 0.320 e. The lowest BCUT2D eigenvalue weighted by Gasteiger charge is -2.16. The molecule has 0 heterocycles. The van der Waals surface area contributed by atoms with E-state index in [4.69, 9.17) is 20.3 Å². The molecule has 0 amide bonds. The molecule has 0 aliphatic heterocycles. The molecule has 2 aromatic rings. The molecule has 158 valence electrons. The normalized spacial score (nSPS) is 13.1. The second-order valence-corrected chi connectivity index (χ2v) is 10.9. The number of nitrogens with two attached hydrogens (primary N) is 1. The standard InChI is InChI=1S/C19H19I4NO5/c1-2-10(25)8-28-17-14(22)6-11(7-15(17)23)29-18-12(20)3-9(4-13(18)21)5-16(24)19(26)27/h3-4,6-7,10,16,25H,2,5,8,24H2,1H3,(H,26,27). The Balaban J connectivity index is 2.22. The molecule has 0 aromatic heterocycles. The molecule has 0 spiro atoms. The molecule has 2 atom stereocenters. The number of hydrogen-bond acceptors (Lipinski definition) is 5. The molecule has 6 nitrogen and oxygen atoms in total. The first-order valence-electron chi connectivity index (χ1n) is 8.56. The lowest BCUT2D eigenvalue weighted by Crippen LogP contribution is -2.32. The van der Waals surface area contributed by atoms with Gasteiger partial charge in [0, 0.05) is 0 Å². The van der Waals surface area contributed by atoms with E-state index in [0.29, 0.717) is 17.9 Å². The van der Waals surface area contributed by atoms with E-state index in [1.165, 1.54) is 0 Å². The Morgan fingerprint density at radius 3 is 2.03 bits per heavy atom. The number of aliphatic hydroxyl groups excluding tert-OH is 1. The molecular weight excluding hydrogens is 830 g/mol. The van der Waals surface area contributed by atoms with Crippen molar-refractivity contribution in [2.45, 2.75) is 31.9 Å². The SMILES string of the molecule is CCC(O)COc1c(I)cc(Oc2c(I)cc(CC(N)C(=O)O)cc2I)cc1I. The van der Waals surface area contributed by atoms with Gasteiger partial charge in [-0.1, -0.05) is 6.92 Å². The molecule has 29 heavy (non-hydrogen) atoms. The fourth-order valence-electron chi connectivity index (χ4n) is 2.32. The molecule has 0 saturated carbocycles. The van der Waals surface area contributed by atoms with Gasteiger partial charge in [-0.3, -0.25) is 4.79 Å². The van der Waals surface area contributed by atoms with Crippen LogP contribution in [0.1, 0.15) is 18.9 Å². The molecular formula is C19H19I4NO5. The third kappa shape index (κ3) is 7.47. The van der Waals surface area contributed by atoms with Gasteiger partial charge in [0.1, 0.15) is 24.1 Å². The predicted octanol–water partition coefficient (Wildman–Crippen LogP) is 5.00. The Morgan fingerprint density at radius 2 is 1.55 bits per heavy atom. The van der Waals surface area contributed by atoms with Gasteiger partial charge in [0.05, 0.1) is 20.4 Å². The van der Waals surface area contributed by atoms with E-state index in [-0.39, 0.29) is 13.0 Å². The van der Waals surface area contributed by atoms with Crippen LogP contribution in [0.15, 0.2) is 24.3 Å². The average molecular weight is 849 g/mol. The van der Waals surface area contributed by atoms with Crippen molar-refractivity contribution in [3.8, 4) is 17.2 Å². The van der Waals surface area contributed by atoms with E-state index in [1.807, 2.05) is 31.2 Å². The summed E-state index contributed by atoms with van der Waals surface area (Å²) < 4.78 is 15.4. The number of carboxylic acid groups (broad SMARTS) is 1. The summed E-state index contributed by atoms with van der Waals surface area (Å²) in [5, 5.41) is 18.7. The summed E-state index contributed by atoms with van der Waals surface area (Å²) in [6, 6.07) is 6.62. The molecule has 4 N–H and O–H groups in total. The zero-order chi connectivity index (χ0) is 21.7. The molecule has 10 heteroatoms. The second kappa shape index (κ2) is 11.8. The van der Waals surface area contributed by atoms with Crippen molar-refractivity contribution in [2.24, 2.45) is 5.73 Å². The fourth-order valence-corrected chi connectivity index (χ4v) is 6.46. The number of hydrogen-bond donors (Lipinski definition) is 3. The van der Waals surface area contributed by atoms with Crippen molar-refractivity contribution in [1.82, 2.24) is 0 Å². The molecule has 2 aromatic carbocycles. The molecule has 0 aliphatic rings. The van der Waals surface area contributed by atoms with Crippen molar-refractivity contribution in [3.05, 3.63) is 44.1 Å². The number of benzene rings is 2. The summed E-state index contributed by atoms with van der Waals surface area (Å²) in [6.45, 7) is 2.16. The number of halogens is 4. The van der Waals surface area contributed by atoms with Crippen molar-refractivity contribution >= 4 is 96.3 Å². The molecule has 0 bridgehead atoms. The minimum absolute atomic E-state index is 0.248. The van der Waals surface area contributed by atoms with Crippen LogP contribution in [0.3, 0.4) is 0 Å². The molecule has 2 unspecified atom stereocenters. The van der Waals surface area contributed by atoms with Crippen LogP contribution in [0, 0.1) is 14.3 Å². The Bertz CT molecular complexity index is 847. The molecule has 0 radical (unpaired) electrons. The topological polar surface area (TPSA) is 102 Å². The van der Waals surface area contributed by atoms with Gasteiger partial charge in [-0.05, 0) is 133 Å². The summed E-state index contributed by atoms with van der Waals surface area (Å²) in [7, 11) is 0. The summed E-state index contributed by atoms with van der Waals surface area (Å²) in [6.07, 6.45) is 0.402. The van der Waals surface area contributed by atoms with Gasteiger partial charge in [0.15, 0.2) is 5.75 Å². The number of carboxylic acids is 1. The number of rotatable bonds is 9. The quantitative estimate of drug-likeness (QED) is 0.308. The second-order valence-electron chi connectivity index (χ2n) is 6.23. The van der Waals surface area contributed by atoms with Crippen molar-refractivity contribution in [1.29, 1.82) is 0 Å². The van der Waals surface area contributed by atoms with Crippen LogP contribution in [-0.2, 0) is 11.2 Å². The zero-order valence-corrected chi connectivity index (χ0v) is 23.9. The van der Waals surface area contributed by atoms with Crippen LogP contribution < -0.4 is 15.2 Å². The minimum Gasteiger partial charge on any atom is -0.489 e. The van der Waals surface area contributed by atoms with Crippen LogP contribution in [0.4, 0.5) is 0 Å². The Kier molecular flexibility index (Phi) is 10.4. The first-order valence-corrected chi connectivity index (χ1v) is 12.9. The van der Waals surface area contributed by atoms with Crippen molar-refractivity contribution in [3.63, 3.8) is 0 Å². The number of carbonyl (C=O) groups is 1. The first-order chi connectivity index (χ1) is 13.6. The van der Waals surface area contributed by atoms with Gasteiger partial charge in [-0.25, -0.2) is 0 Å². The maximum Gasteiger partial charge on any atom is 0.320 e. The van der Waals surface area contributed by atoms with Gasteiger partial charge in [-0.15, -0.1) is 0 Å². The minimum atomic E-state index is -1.02. The van der Waals surface area contributed by atoms with Crippen molar-refractivity contribution in [2.75, 3.05) is 6.61 Å². The van der Waals surface area contributed by atoms with E-state index in [9.17, 15) is 9.90 Å². The maximum absolute atomic E-state index is 11.0. The van der Waals surface area contributed by atoms with Crippen molar-refractivity contribution < 1.29 is 24.5 Å². The largest absolute Gasteiger partial charge is 0.489 e. The van der Waals surface area contributed by atoms with Gasteiger partial charge in [-0.2, -0.15) is 0 Å². The zero-order valence-electron chi connectivity index (χ0n) is 15.3. The van der Waals surface area contributed by atoms with Gasteiger partial charge < -0.3 is 25.4 Å². The third-order valence-corrected chi connectivity index (χ3v) is 7.12. The number of aliphatic carboxylic acids is 1. The van der Waals surface area contributed by atoms with E-state index >= 15 is 0 Å². The summed E-state index contributed by atoms with van der Waals surface area (Å²) in [4.78, 5) is 11.0. The van der Waals surface area contributed by atoms with Gasteiger partial charge >= 0.3 is 5.97 Å². The van der Waals surface area contributed by atoms with Gasteiger partial charge in [0.2, 0.25) is 0 Å². The fraction of sp³-hybridized carbons (Fsp3) is 0.316.